The number of nitrogens with zero attached hydrogens (tertiary/aromatic N) is 3. The molecule has 1 aliphatic heterocycles. The topological polar surface area (TPSA) is 71.3 Å². The fourth-order valence-corrected chi connectivity index (χ4v) is 2.36. The normalized spacial score (nSPS) is 24.8. The molecule has 0 spiro atoms. The molecule has 18 heavy (non-hydrogen) atoms. The van der Waals surface area contributed by atoms with Gasteiger partial charge in [-0.15, -0.1) is 0 Å². The van der Waals surface area contributed by atoms with Crippen LogP contribution in [0, 0.1) is 16.0 Å². The molecular weight excluding hydrogens is 232 g/mol. The Labute approximate surface area is 106 Å². The van der Waals surface area contributed by atoms with Crippen LogP contribution in [0.15, 0.2) is 18.3 Å². The smallest absolute Gasteiger partial charge is 0.363 e. The summed E-state index contributed by atoms with van der Waals surface area (Å²) in [5.41, 5.74) is 0.849. The van der Waals surface area contributed by atoms with Gasteiger partial charge in [-0.3, -0.25) is 0 Å². The zero-order chi connectivity index (χ0) is 13.1. The molecule has 0 aliphatic carbocycles. The standard InChI is InChI=1S/C12H18N4O2/c1-9-8-15(2)6-5-11(9)14-10-3-4-12(13-7-10)16(17)18/h3-4,7,9,11,14H,5-6,8H2,1-2H3. The maximum absolute atomic E-state index is 10.5. The van der Waals surface area contributed by atoms with Crippen molar-refractivity contribution in [1.82, 2.24) is 9.88 Å². The second-order valence-electron chi connectivity index (χ2n) is 4.94. The van der Waals surface area contributed by atoms with Gasteiger partial charge in [0.15, 0.2) is 6.20 Å². The molecule has 1 N–H and O–H groups in total. The molecule has 2 unspecified atom stereocenters. The van der Waals surface area contributed by atoms with Gasteiger partial charge in [0, 0.05) is 18.7 Å². The summed E-state index contributed by atoms with van der Waals surface area (Å²) in [6, 6.07) is 3.56. The fourth-order valence-electron chi connectivity index (χ4n) is 2.36. The first-order valence-electron chi connectivity index (χ1n) is 6.12. The van der Waals surface area contributed by atoms with Gasteiger partial charge in [0.1, 0.15) is 0 Å². The summed E-state index contributed by atoms with van der Waals surface area (Å²) in [5, 5.41) is 13.9. The Bertz CT molecular complexity index is 421. The maximum atomic E-state index is 10.5. The number of likely N-dealkylation sites (tertiary alicyclic amines) is 1. The predicted molar refractivity (Wildman–Crippen MR) is 69.6 cm³/mol. The molecule has 6 nitrogen and oxygen atoms in total. The minimum Gasteiger partial charge on any atom is -0.379 e. The van der Waals surface area contributed by atoms with Crippen LogP contribution in [0.5, 0.6) is 0 Å². The van der Waals surface area contributed by atoms with Crippen molar-refractivity contribution in [1.29, 1.82) is 0 Å². The van der Waals surface area contributed by atoms with Gasteiger partial charge < -0.3 is 20.3 Å². The van der Waals surface area contributed by atoms with Crippen LogP contribution in [0.2, 0.25) is 0 Å². The quantitative estimate of drug-likeness (QED) is 0.653. The van der Waals surface area contributed by atoms with Crippen molar-refractivity contribution in [2.24, 2.45) is 5.92 Å². The molecule has 1 aromatic heterocycles. The Hall–Kier alpha value is -1.69. The largest absolute Gasteiger partial charge is 0.379 e. The summed E-state index contributed by atoms with van der Waals surface area (Å²) in [6.45, 7) is 4.35. The SMILES string of the molecule is CC1CN(C)CCC1Nc1ccc([N+](=O)[O-])nc1. The van der Waals surface area contributed by atoms with Crippen molar-refractivity contribution < 1.29 is 4.92 Å². The minimum atomic E-state index is -0.484. The molecule has 0 bridgehead atoms. The maximum Gasteiger partial charge on any atom is 0.363 e. The summed E-state index contributed by atoms with van der Waals surface area (Å²) in [7, 11) is 2.13. The van der Waals surface area contributed by atoms with E-state index in [1.807, 2.05) is 0 Å². The molecule has 0 amide bonds. The molecule has 1 aliphatic rings. The minimum absolute atomic E-state index is 0.114. The van der Waals surface area contributed by atoms with Crippen molar-refractivity contribution in [2.45, 2.75) is 19.4 Å². The Balaban J connectivity index is 1.99. The van der Waals surface area contributed by atoms with Crippen LogP contribution < -0.4 is 5.32 Å². The molecule has 6 heteroatoms. The lowest BCUT2D eigenvalue weighted by molar-refractivity contribution is -0.389. The monoisotopic (exact) mass is 250 g/mol. The van der Waals surface area contributed by atoms with Gasteiger partial charge in [-0.1, -0.05) is 6.92 Å². The van der Waals surface area contributed by atoms with Crippen molar-refractivity contribution in [3.63, 3.8) is 0 Å². The third-order valence-corrected chi connectivity index (χ3v) is 3.40. The lowest BCUT2D eigenvalue weighted by Gasteiger charge is -2.35. The summed E-state index contributed by atoms with van der Waals surface area (Å²) >= 11 is 0. The summed E-state index contributed by atoms with van der Waals surface area (Å²) < 4.78 is 0. The summed E-state index contributed by atoms with van der Waals surface area (Å²) in [4.78, 5) is 16.2. The van der Waals surface area contributed by atoms with E-state index in [2.05, 4.69) is 29.2 Å². The molecule has 2 atom stereocenters. The Morgan fingerprint density at radius 2 is 2.33 bits per heavy atom. The summed E-state index contributed by atoms with van der Waals surface area (Å²) in [6.07, 6.45) is 2.61. The van der Waals surface area contributed by atoms with E-state index in [1.165, 1.54) is 12.3 Å². The molecule has 2 rings (SSSR count). The van der Waals surface area contributed by atoms with E-state index in [-0.39, 0.29) is 5.82 Å². The average molecular weight is 250 g/mol. The molecule has 1 saturated heterocycles. The molecule has 1 aromatic rings. The molecule has 0 saturated carbocycles. The molecule has 98 valence electrons. The number of pyridine rings is 1. The molecule has 2 heterocycles. The average Bonchev–Trinajstić information content (AvgIpc) is 2.33. The number of hydrogen-bond acceptors (Lipinski definition) is 5. The number of hydrogen-bond donors (Lipinski definition) is 1. The highest BCUT2D eigenvalue weighted by Crippen LogP contribution is 2.20. The first-order valence-corrected chi connectivity index (χ1v) is 6.12. The number of anilines is 1. The molecule has 1 fully saturated rings. The zero-order valence-corrected chi connectivity index (χ0v) is 10.7. The van der Waals surface area contributed by atoms with Crippen molar-refractivity contribution in [3.05, 3.63) is 28.4 Å². The fraction of sp³-hybridized carbons (Fsp3) is 0.583. The van der Waals surface area contributed by atoms with E-state index in [4.69, 9.17) is 0 Å². The Morgan fingerprint density at radius 3 is 2.89 bits per heavy atom. The van der Waals surface area contributed by atoms with E-state index < -0.39 is 4.92 Å². The number of nitrogens with one attached hydrogen (secondary N) is 1. The van der Waals surface area contributed by atoms with Gasteiger partial charge in [0.05, 0.1) is 5.69 Å². The van der Waals surface area contributed by atoms with Gasteiger partial charge in [-0.25, -0.2) is 0 Å². The van der Waals surface area contributed by atoms with E-state index in [0.29, 0.717) is 12.0 Å². The van der Waals surface area contributed by atoms with Crippen LogP contribution in [0.25, 0.3) is 0 Å². The van der Waals surface area contributed by atoms with E-state index in [1.54, 1.807) is 6.07 Å². The Kier molecular flexibility index (Phi) is 3.76. The highest BCUT2D eigenvalue weighted by Gasteiger charge is 2.24. The molecule has 0 radical (unpaired) electrons. The van der Waals surface area contributed by atoms with Gasteiger partial charge >= 0.3 is 5.82 Å². The van der Waals surface area contributed by atoms with E-state index >= 15 is 0 Å². The molecular formula is C12H18N4O2. The zero-order valence-electron chi connectivity index (χ0n) is 10.7. The number of piperidine rings is 1. The van der Waals surface area contributed by atoms with E-state index in [9.17, 15) is 10.1 Å². The van der Waals surface area contributed by atoms with Gasteiger partial charge in [0.2, 0.25) is 0 Å². The van der Waals surface area contributed by atoms with Gasteiger partial charge in [-0.2, -0.15) is 0 Å². The van der Waals surface area contributed by atoms with Crippen LogP contribution in [0.1, 0.15) is 13.3 Å². The second-order valence-corrected chi connectivity index (χ2v) is 4.94. The third kappa shape index (κ3) is 2.95. The van der Waals surface area contributed by atoms with Crippen molar-refractivity contribution in [2.75, 3.05) is 25.5 Å². The first kappa shape index (κ1) is 12.8. The predicted octanol–water partition coefficient (Wildman–Crippen LogP) is 1.74. The van der Waals surface area contributed by atoms with Crippen LogP contribution in [0.4, 0.5) is 11.5 Å². The number of rotatable bonds is 3. The van der Waals surface area contributed by atoms with Crippen molar-refractivity contribution in [3.8, 4) is 0 Å². The summed E-state index contributed by atoms with van der Waals surface area (Å²) in [5.74, 6) is 0.441. The first-order chi connectivity index (χ1) is 8.56. The van der Waals surface area contributed by atoms with Crippen LogP contribution >= 0.6 is 0 Å². The Morgan fingerprint density at radius 1 is 1.56 bits per heavy atom. The highest BCUT2D eigenvalue weighted by molar-refractivity contribution is 5.44. The highest BCUT2D eigenvalue weighted by atomic mass is 16.6. The van der Waals surface area contributed by atoms with Crippen LogP contribution in [-0.2, 0) is 0 Å². The molecule has 0 aromatic carbocycles. The number of nitro groups is 1. The van der Waals surface area contributed by atoms with E-state index in [0.717, 1.165) is 25.2 Å². The van der Waals surface area contributed by atoms with Crippen LogP contribution in [0.3, 0.4) is 0 Å². The lowest BCUT2D eigenvalue weighted by atomic mass is 9.94. The third-order valence-electron chi connectivity index (χ3n) is 3.40. The van der Waals surface area contributed by atoms with Gasteiger partial charge in [0.25, 0.3) is 0 Å². The van der Waals surface area contributed by atoms with Crippen LogP contribution in [-0.4, -0.2) is 41.0 Å². The number of aromatic nitrogens is 1. The second kappa shape index (κ2) is 5.30. The van der Waals surface area contributed by atoms with Gasteiger partial charge in [-0.05, 0) is 41.9 Å². The lowest BCUT2D eigenvalue weighted by Crippen LogP contribution is -2.43. The van der Waals surface area contributed by atoms with Crippen molar-refractivity contribution >= 4 is 11.5 Å².